The van der Waals surface area contributed by atoms with E-state index in [1.165, 1.54) is 31.7 Å². The van der Waals surface area contributed by atoms with Crippen molar-refractivity contribution in [3.63, 3.8) is 0 Å². The summed E-state index contributed by atoms with van der Waals surface area (Å²) in [5.74, 6) is 0.235. The zero-order valence-corrected chi connectivity index (χ0v) is 13.7. The molecule has 1 saturated heterocycles. The van der Waals surface area contributed by atoms with Crippen molar-refractivity contribution in [1.82, 2.24) is 10.2 Å². The third-order valence-corrected chi connectivity index (χ3v) is 5.56. The summed E-state index contributed by atoms with van der Waals surface area (Å²) in [6.45, 7) is 3.92. The first kappa shape index (κ1) is 15.3. The van der Waals surface area contributed by atoms with Crippen molar-refractivity contribution in [1.29, 1.82) is 0 Å². The van der Waals surface area contributed by atoms with E-state index in [0.29, 0.717) is 5.92 Å². The summed E-state index contributed by atoms with van der Waals surface area (Å²) in [5.41, 5.74) is 0.872. The third-order valence-electron chi connectivity index (χ3n) is 4.81. The molecule has 1 aromatic rings. The van der Waals surface area contributed by atoms with Gasteiger partial charge in [0.2, 0.25) is 0 Å². The van der Waals surface area contributed by atoms with Crippen molar-refractivity contribution in [2.45, 2.75) is 31.7 Å². The van der Waals surface area contributed by atoms with Crippen LogP contribution < -0.4 is 5.32 Å². The minimum atomic E-state index is -0.401. The molecule has 3 rings (SSSR count). The SMILES string of the molecule is Oc1c([C@H](C2CCCC2)N2CCNCC2)ccc(F)c1Br. The smallest absolute Gasteiger partial charge is 0.141 e. The summed E-state index contributed by atoms with van der Waals surface area (Å²) in [6.07, 6.45) is 4.92. The second-order valence-electron chi connectivity index (χ2n) is 6.07. The Hall–Kier alpha value is -0.650. The Morgan fingerprint density at radius 3 is 2.57 bits per heavy atom. The van der Waals surface area contributed by atoms with E-state index in [9.17, 15) is 9.50 Å². The zero-order chi connectivity index (χ0) is 14.8. The summed E-state index contributed by atoms with van der Waals surface area (Å²) in [7, 11) is 0. The van der Waals surface area contributed by atoms with Gasteiger partial charge in [-0.15, -0.1) is 0 Å². The molecule has 2 fully saturated rings. The summed E-state index contributed by atoms with van der Waals surface area (Å²) in [6, 6.07) is 3.43. The Morgan fingerprint density at radius 2 is 1.90 bits per heavy atom. The van der Waals surface area contributed by atoms with Gasteiger partial charge in [-0.2, -0.15) is 0 Å². The predicted molar refractivity (Wildman–Crippen MR) is 84.9 cm³/mol. The number of aromatic hydroxyl groups is 1. The first-order chi connectivity index (χ1) is 10.2. The van der Waals surface area contributed by atoms with Crippen LogP contribution in [0, 0.1) is 11.7 Å². The Morgan fingerprint density at radius 1 is 1.24 bits per heavy atom. The van der Waals surface area contributed by atoms with E-state index in [-0.39, 0.29) is 16.3 Å². The Balaban J connectivity index is 1.96. The molecule has 3 nitrogen and oxygen atoms in total. The fourth-order valence-corrected chi connectivity index (χ4v) is 4.14. The van der Waals surface area contributed by atoms with Crippen molar-refractivity contribution in [3.8, 4) is 5.75 Å². The maximum atomic E-state index is 13.6. The number of piperazine rings is 1. The summed E-state index contributed by atoms with van der Waals surface area (Å²) in [4.78, 5) is 2.45. The number of phenolic OH excluding ortho intramolecular Hbond substituents is 1. The van der Waals surface area contributed by atoms with E-state index < -0.39 is 5.82 Å². The van der Waals surface area contributed by atoms with Gasteiger partial charge < -0.3 is 10.4 Å². The van der Waals surface area contributed by atoms with Crippen LogP contribution >= 0.6 is 15.9 Å². The monoisotopic (exact) mass is 356 g/mol. The molecule has 0 radical (unpaired) electrons. The van der Waals surface area contributed by atoms with Crippen LogP contribution in [0.5, 0.6) is 5.75 Å². The normalized spacial score (nSPS) is 22.6. The van der Waals surface area contributed by atoms with Crippen molar-refractivity contribution < 1.29 is 9.50 Å². The van der Waals surface area contributed by atoms with Gasteiger partial charge in [0.15, 0.2) is 0 Å². The van der Waals surface area contributed by atoms with Crippen LogP contribution in [0.25, 0.3) is 0 Å². The first-order valence-corrected chi connectivity index (χ1v) is 8.59. The Kier molecular flexibility index (Phi) is 4.82. The molecular weight excluding hydrogens is 335 g/mol. The van der Waals surface area contributed by atoms with Gasteiger partial charge in [-0.05, 0) is 40.8 Å². The highest BCUT2D eigenvalue weighted by molar-refractivity contribution is 9.10. The minimum absolute atomic E-state index is 0.0745. The minimum Gasteiger partial charge on any atom is -0.506 e. The summed E-state index contributed by atoms with van der Waals surface area (Å²) >= 11 is 3.18. The number of rotatable bonds is 3. The molecule has 1 aliphatic heterocycles. The second kappa shape index (κ2) is 6.63. The molecule has 116 valence electrons. The van der Waals surface area contributed by atoms with Gasteiger partial charge in [0.05, 0.1) is 4.47 Å². The van der Waals surface area contributed by atoms with E-state index >= 15 is 0 Å². The number of benzene rings is 1. The Bertz CT molecular complexity index is 499. The first-order valence-electron chi connectivity index (χ1n) is 7.80. The molecular formula is C16H22BrFN2O. The van der Waals surface area contributed by atoms with Gasteiger partial charge in [-0.3, -0.25) is 4.90 Å². The van der Waals surface area contributed by atoms with Gasteiger partial charge in [-0.25, -0.2) is 4.39 Å². The van der Waals surface area contributed by atoms with E-state index in [4.69, 9.17) is 0 Å². The average Bonchev–Trinajstić information content (AvgIpc) is 3.03. The summed E-state index contributed by atoms with van der Waals surface area (Å²) in [5, 5.41) is 13.8. The lowest BCUT2D eigenvalue weighted by Gasteiger charge is -2.39. The molecule has 5 heteroatoms. The molecule has 1 aliphatic carbocycles. The van der Waals surface area contributed by atoms with Gasteiger partial charge >= 0.3 is 0 Å². The van der Waals surface area contributed by atoms with Gasteiger partial charge in [0.1, 0.15) is 11.6 Å². The van der Waals surface area contributed by atoms with E-state index in [2.05, 4.69) is 26.1 Å². The van der Waals surface area contributed by atoms with Crippen LogP contribution in [0.2, 0.25) is 0 Å². The summed E-state index contributed by atoms with van der Waals surface area (Å²) < 4.78 is 13.8. The fraction of sp³-hybridized carbons (Fsp3) is 0.625. The molecule has 1 saturated carbocycles. The van der Waals surface area contributed by atoms with Crippen LogP contribution in [0.3, 0.4) is 0 Å². The van der Waals surface area contributed by atoms with Crippen molar-refractivity contribution in [2.75, 3.05) is 26.2 Å². The molecule has 0 bridgehead atoms. The van der Waals surface area contributed by atoms with E-state index in [1.807, 2.05) is 0 Å². The molecule has 0 aromatic heterocycles. The van der Waals surface area contributed by atoms with Crippen LogP contribution in [0.1, 0.15) is 37.3 Å². The number of phenols is 1. The molecule has 0 amide bonds. The molecule has 2 aliphatic rings. The van der Waals surface area contributed by atoms with Crippen LogP contribution in [-0.2, 0) is 0 Å². The third kappa shape index (κ3) is 3.10. The maximum Gasteiger partial charge on any atom is 0.141 e. The van der Waals surface area contributed by atoms with Crippen molar-refractivity contribution >= 4 is 15.9 Å². The van der Waals surface area contributed by atoms with Crippen LogP contribution in [-0.4, -0.2) is 36.2 Å². The van der Waals surface area contributed by atoms with Gasteiger partial charge in [-0.1, -0.05) is 18.9 Å². The standard InChI is InChI=1S/C16H22BrFN2O/c17-14-13(18)6-5-12(16(14)21)15(11-3-1-2-4-11)20-9-7-19-8-10-20/h5-6,11,15,19,21H,1-4,7-10H2/t15-/m0/s1. The van der Waals surface area contributed by atoms with Gasteiger partial charge in [0.25, 0.3) is 0 Å². The lowest BCUT2D eigenvalue weighted by molar-refractivity contribution is 0.123. The molecule has 1 atom stereocenters. The van der Waals surface area contributed by atoms with Crippen molar-refractivity contribution in [3.05, 3.63) is 28.0 Å². The molecule has 0 unspecified atom stereocenters. The molecule has 0 spiro atoms. The maximum absolute atomic E-state index is 13.6. The van der Waals surface area contributed by atoms with Gasteiger partial charge in [0, 0.05) is 37.8 Å². The zero-order valence-electron chi connectivity index (χ0n) is 12.1. The molecule has 1 aromatic carbocycles. The highest BCUT2D eigenvalue weighted by Crippen LogP contribution is 2.44. The lowest BCUT2D eigenvalue weighted by Crippen LogP contribution is -2.46. The highest BCUT2D eigenvalue weighted by atomic mass is 79.9. The molecule has 1 heterocycles. The lowest BCUT2D eigenvalue weighted by atomic mass is 9.89. The largest absolute Gasteiger partial charge is 0.506 e. The predicted octanol–water partition coefficient (Wildman–Crippen LogP) is 3.43. The van der Waals surface area contributed by atoms with E-state index in [0.717, 1.165) is 31.7 Å². The quantitative estimate of drug-likeness (QED) is 0.870. The van der Waals surface area contributed by atoms with E-state index in [1.54, 1.807) is 6.07 Å². The number of nitrogens with zero attached hydrogens (tertiary/aromatic N) is 1. The number of hydrogen-bond donors (Lipinski definition) is 2. The molecule has 21 heavy (non-hydrogen) atoms. The average molecular weight is 357 g/mol. The number of halogens is 2. The number of nitrogens with one attached hydrogen (secondary N) is 1. The molecule has 2 N–H and O–H groups in total. The second-order valence-corrected chi connectivity index (χ2v) is 6.87. The number of hydrogen-bond acceptors (Lipinski definition) is 3. The Labute approximate surface area is 133 Å². The van der Waals surface area contributed by atoms with Crippen molar-refractivity contribution in [2.24, 2.45) is 5.92 Å². The highest BCUT2D eigenvalue weighted by Gasteiger charge is 2.34. The van der Waals surface area contributed by atoms with Crippen LogP contribution in [0.4, 0.5) is 4.39 Å². The topological polar surface area (TPSA) is 35.5 Å². The van der Waals surface area contributed by atoms with Crippen LogP contribution in [0.15, 0.2) is 16.6 Å². The fourth-order valence-electron chi connectivity index (χ4n) is 3.78.